The Morgan fingerprint density at radius 2 is 1.86 bits per heavy atom. The number of fused-ring (bicyclic) bond motifs is 1. The molecule has 2 unspecified atom stereocenters. The molecule has 144 valence electrons. The average Bonchev–Trinajstić information content (AvgIpc) is 3.11. The Bertz CT molecular complexity index is 971. The van der Waals surface area contributed by atoms with E-state index >= 15 is 0 Å². The van der Waals surface area contributed by atoms with Crippen LogP contribution in [0.1, 0.15) is 48.6 Å². The molecule has 9 heteroatoms. The van der Waals surface area contributed by atoms with Crippen LogP contribution in [0.5, 0.6) is 0 Å². The Hall–Kier alpha value is -3.54. The lowest BCUT2D eigenvalue weighted by atomic mass is 9.88. The minimum atomic E-state index is -0.739. The highest BCUT2D eigenvalue weighted by atomic mass is 16.5. The van der Waals surface area contributed by atoms with Gasteiger partial charge in [0.1, 0.15) is 5.92 Å². The zero-order chi connectivity index (χ0) is 20.3. The molecule has 2 aromatic rings. The van der Waals surface area contributed by atoms with Crippen molar-refractivity contribution in [2.75, 3.05) is 13.2 Å². The standard InChI is InChI=1S/C19H19N5O4/c1-4-27-17(25)14-11(3)21-19-22-16(18(26)28-5-2)23-24(19)15(14)13-8-6-12(10-20)7-9-13/h6-9,14-15H,4-5H2,1-3H3. The molecule has 0 fully saturated rings. The van der Waals surface area contributed by atoms with Crippen LogP contribution in [-0.2, 0) is 14.3 Å². The van der Waals surface area contributed by atoms with Crippen molar-refractivity contribution in [1.82, 2.24) is 14.8 Å². The van der Waals surface area contributed by atoms with Crippen molar-refractivity contribution in [3.63, 3.8) is 0 Å². The normalized spacial score (nSPS) is 17.9. The fourth-order valence-electron chi connectivity index (χ4n) is 3.08. The first kappa shape index (κ1) is 19.2. The van der Waals surface area contributed by atoms with Crippen molar-refractivity contribution >= 4 is 23.6 Å². The Kier molecular flexibility index (Phi) is 5.49. The molecule has 0 radical (unpaired) electrons. The van der Waals surface area contributed by atoms with Crippen LogP contribution in [-0.4, -0.2) is 45.6 Å². The van der Waals surface area contributed by atoms with Gasteiger partial charge in [-0.1, -0.05) is 12.1 Å². The molecule has 1 aliphatic rings. The highest BCUT2D eigenvalue weighted by molar-refractivity contribution is 6.03. The molecule has 1 aromatic heterocycles. The predicted molar refractivity (Wildman–Crippen MR) is 98.2 cm³/mol. The molecule has 28 heavy (non-hydrogen) atoms. The van der Waals surface area contributed by atoms with E-state index in [1.807, 2.05) is 0 Å². The van der Waals surface area contributed by atoms with Crippen LogP contribution in [0.25, 0.3) is 0 Å². The Balaban J connectivity index is 2.12. The number of nitrogens with zero attached hydrogens (tertiary/aromatic N) is 5. The van der Waals surface area contributed by atoms with Gasteiger partial charge < -0.3 is 9.47 Å². The van der Waals surface area contributed by atoms with Crippen LogP contribution in [0.15, 0.2) is 29.3 Å². The number of carbonyl (C=O) groups is 2. The summed E-state index contributed by atoms with van der Waals surface area (Å²) in [6, 6.07) is 8.23. The number of hydrogen-bond acceptors (Lipinski definition) is 8. The quantitative estimate of drug-likeness (QED) is 0.728. The first-order chi connectivity index (χ1) is 13.5. The van der Waals surface area contributed by atoms with E-state index < -0.39 is 23.9 Å². The van der Waals surface area contributed by atoms with Crippen LogP contribution < -0.4 is 0 Å². The van der Waals surface area contributed by atoms with Gasteiger partial charge in [-0.3, -0.25) is 4.79 Å². The summed E-state index contributed by atoms with van der Waals surface area (Å²) in [7, 11) is 0. The van der Waals surface area contributed by atoms with Gasteiger partial charge in [0, 0.05) is 5.71 Å². The molecule has 0 N–H and O–H groups in total. The van der Waals surface area contributed by atoms with Crippen LogP contribution in [0.4, 0.5) is 5.95 Å². The van der Waals surface area contributed by atoms with Gasteiger partial charge in [-0.15, -0.1) is 5.10 Å². The second kappa shape index (κ2) is 8.00. The number of benzene rings is 1. The van der Waals surface area contributed by atoms with Gasteiger partial charge in [0.2, 0.25) is 5.95 Å². The van der Waals surface area contributed by atoms with Crippen LogP contribution >= 0.6 is 0 Å². The number of carbonyl (C=O) groups excluding carboxylic acids is 2. The number of ether oxygens (including phenoxy) is 2. The molecule has 2 atom stereocenters. The van der Waals surface area contributed by atoms with E-state index in [1.54, 1.807) is 45.0 Å². The molecule has 0 saturated carbocycles. The predicted octanol–water partition coefficient (Wildman–Crippen LogP) is 2.20. The minimum absolute atomic E-state index is 0.128. The van der Waals surface area contributed by atoms with Crippen LogP contribution in [0.3, 0.4) is 0 Å². The summed E-state index contributed by atoms with van der Waals surface area (Å²) in [4.78, 5) is 33.2. The molecule has 0 amide bonds. The first-order valence-corrected chi connectivity index (χ1v) is 8.85. The van der Waals surface area contributed by atoms with E-state index in [-0.39, 0.29) is 25.0 Å². The second-order valence-corrected chi connectivity index (χ2v) is 6.06. The molecule has 1 aromatic carbocycles. The fourth-order valence-corrected chi connectivity index (χ4v) is 3.08. The van der Waals surface area contributed by atoms with E-state index in [1.165, 1.54) is 4.68 Å². The summed E-state index contributed by atoms with van der Waals surface area (Å²) >= 11 is 0. The van der Waals surface area contributed by atoms with Crippen molar-refractivity contribution in [2.45, 2.75) is 26.8 Å². The lowest BCUT2D eigenvalue weighted by Crippen LogP contribution is -2.37. The van der Waals surface area contributed by atoms with Crippen molar-refractivity contribution in [3.8, 4) is 6.07 Å². The van der Waals surface area contributed by atoms with Crippen molar-refractivity contribution in [2.24, 2.45) is 10.9 Å². The number of esters is 2. The third kappa shape index (κ3) is 3.49. The molecular formula is C19H19N5O4. The maximum absolute atomic E-state index is 12.7. The summed E-state index contributed by atoms with van der Waals surface area (Å²) < 4.78 is 11.6. The van der Waals surface area contributed by atoms with E-state index in [0.717, 1.165) is 0 Å². The zero-order valence-corrected chi connectivity index (χ0v) is 15.7. The van der Waals surface area contributed by atoms with E-state index in [9.17, 15) is 9.59 Å². The first-order valence-electron chi connectivity index (χ1n) is 8.85. The topological polar surface area (TPSA) is 119 Å². The largest absolute Gasteiger partial charge is 0.465 e. The van der Waals surface area contributed by atoms with Gasteiger partial charge >= 0.3 is 11.9 Å². The van der Waals surface area contributed by atoms with Gasteiger partial charge in [-0.05, 0) is 38.5 Å². The van der Waals surface area contributed by atoms with Gasteiger partial charge in [-0.2, -0.15) is 10.2 Å². The van der Waals surface area contributed by atoms with E-state index in [0.29, 0.717) is 16.8 Å². The Morgan fingerprint density at radius 1 is 1.18 bits per heavy atom. The zero-order valence-electron chi connectivity index (χ0n) is 15.7. The summed E-state index contributed by atoms with van der Waals surface area (Å²) in [6.07, 6.45) is 0. The smallest absolute Gasteiger partial charge is 0.378 e. The third-order valence-corrected chi connectivity index (χ3v) is 4.30. The van der Waals surface area contributed by atoms with E-state index in [2.05, 4.69) is 21.1 Å². The molecule has 9 nitrogen and oxygen atoms in total. The monoisotopic (exact) mass is 381 g/mol. The molecule has 0 saturated heterocycles. The third-order valence-electron chi connectivity index (χ3n) is 4.30. The SMILES string of the molecule is CCOC(=O)c1nc2n(n1)C(c1ccc(C#N)cc1)C(C(=O)OCC)C(C)=N2. The summed E-state index contributed by atoms with van der Waals surface area (Å²) in [5, 5.41) is 13.3. The van der Waals surface area contributed by atoms with E-state index in [4.69, 9.17) is 14.7 Å². The molecule has 3 rings (SSSR count). The molecule has 2 heterocycles. The molecule has 0 aliphatic carbocycles. The van der Waals surface area contributed by atoms with Crippen LogP contribution in [0.2, 0.25) is 0 Å². The molecular weight excluding hydrogens is 362 g/mol. The number of nitriles is 1. The van der Waals surface area contributed by atoms with Gasteiger partial charge in [0.25, 0.3) is 5.82 Å². The van der Waals surface area contributed by atoms with Gasteiger partial charge in [-0.25, -0.2) is 14.5 Å². The lowest BCUT2D eigenvalue weighted by Gasteiger charge is -2.29. The highest BCUT2D eigenvalue weighted by Gasteiger charge is 2.40. The molecule has 0 bridgehead atoms. The summed E-state index contributed by atoms with van der Waals surface area (Å²) in [5.74, 6) is -1.77. The van der Waals surface area contributed by atoms with Gasteiger partial charge in [0.05, 0.1) is 30.9 Å². The van der Waals surface area contributed by atoms with Crippen molar-refractivity contribution in [3.05, 3.63) is 41.2 Å². The number of aliphatic imine (C=N–C) groups is 1. The Morgan fingerprint density at radius 3 is 2.46 bits per heavy atom. The van der Waals surface area contributed by atoms with Crippen molar-refractivity contribution < 1.29 is 19.1 Å². The Labute approximate surface area is 161 Å². The fraction of sp³-hybridized carbons (Fsp3) is 0.368. The molecule has 1 aliphatic heterocycles. The highest BCUT2D eigenvalue weighted by Crippen LogP contribution is 2.36. The van der Waals surface area contributed by atoms with Crippen LogP contribution in [0, 0.1) is 17.2 Å². The molecule has 0 spiro atoms. The minimum Gasteiger partial charge on any atom is -0.465 e. The van der Waals surface area contributed by atoms with Crippen molar-refractivity contribution in [1.29, 1.82) is 5.26 Å². The second-order valence-electron chi connectivity index (χ2n) is 6.06. The van der Waals surface area contributed by atoms with Gasteiger partial charge in [0.15, 0.2) is 0 Å². The lowest BCUT2D eigenvalue weighted by molar-refractivity contribution is -0.146. The number of aromatic nitrogens is 3. The number of rotatable bonds is 5. The average molecular weight is 381 g/mol. The maximum Gasteiger partial charge on any atom is 0.378 e. The maximum atomic E-state index is 12.7. The number of hydrogen-bond donors (Lipinski definition) is 0. The summed E-state index contributed by atoms with van der Waals surface area (Å²) in [6.45, 7) is 5.53. The summed E-state index contributed by atoms with van der Waals surface area (Å²) in [5.41, 5.74) is 1.71.